The molecule has 0 spiro atoms. The van der Waals surface area contributed by atoms with Crippen molar-refractivity contribution in [3.63, 3.8) is 0 Å². The number of hydrogen-bond donors (Lipinski definition) is 2. The number of rotatable bonds is 5. The average molecular weight is 360 g/mol. The number of hydrogen-bond acceptors (Lipinski definition) is 4. The van der Waals surface area contributed by atoms with E-state index < -0.39 is 5.82 Å². The molecule has 1 aromatic carbocycles. The summed E-state index contributed by atoms with van der Waals surface area (Å²) in [6, 6.07) is 7.49. The van der Waals surface area contributed by atoms with E-state index in [1.807, 2.05) is 13.8 Å². The highest BCUT2D eigenvalue weighted by Crippen LogP contribution is 2.19. The molecule has 0 atom stereocenters. The third kappa shape index (κ3) is 3.74. The molecular formula is C17H17FN4O2S. The second-order valence-electron chi connectivity index (χ2n) is 5.50. The lowest BCUT2D eigenvalue weighted by Gasteiger charge is -2.10. The number of nitrogens with one attached hydrogen (secondary N) is 2. The van der Waals surface area contributed by atoms with Gasteiger partial charge in [0.2, 0.25) is 5.91 Å². The zero-order valence-electron chi connectivity index (χ0n) is 13.8. The first kappa shape index (κ1) is 17.2. The van der Waals surface area contributed by atoms with Crippen LogP contribution in [0, 0.1) is 12.7 Å². The number of benzene rings is 1. The van der Waals surface area contributed by atoms with Gasteiger partial charge in [0, 0.05) is 17.9 Å². The van der Waals surface area contributed by atoms with Crippen LogP contribution in [0.15, 0.2) is 40.3 Å². The van der Waals surface area contributed by atoms with Crippen molar-refractivity contribution in [1.29, 1.82) is 0 Å². The molecule has 2 heterocycles. The zero-order valence-corrected chi connectivity index (χ0v) is 14.6. The van der Waals surface area contributed by atoms with Gasteiger partial charge in [-0.25, -0.2) is 9.37 Å². The molecule has 25 heavy (non-hydrogen) atoms. The molecule has 2 aromatic heterocycles. The molecule has 8 heteroatoms. The molecule has 0 radical (unpaired) electrons. The lowest BCUT2D eigenvalue weighted by molar-refractivity contribution is -0.113. The molecule has 0 bridgehead atoms. The highest BCUT2D eigenvalue weighted by molar-refractivity contribution is 7.99. The number of carbonyl (C=O) groups excluding carboxylic acids is 1. The van der Waals surface area contributed by atoms with E-state index in [0.717, 1.165) is 5.69 Å². The second kappa shape index (κ2) is 7.10. The Balaban J connectivity index is 1.78. The molecule has 0 unspecified atom stereocenters. The fourth-order valence-electron chi connectivity index (χ4n) is 2.49. The summed E-state index contributed by atoms with van der Waals surface area (Å²) in [7, 11) is 0. The second-order valence-corrected chi connectivity index (χ2v) is 6.45. The third-order valence-electron chi connectivity index (χ3n) is 3.59. The molecule has 1 amide bonds. The molecule has 0 fully saturated rings. The van der Waals surface area contributed by atoms with Gasteiger partial charge in [-0.1, -0.05) is 17.8 Å². The number of H-pyrrole nitrogens is 1. The monoisotopic (exact) mass is 360 g/mol. The van der Waals surface area contributed by atoms with Gasteiger partial charge < -0.3 is 10.3 Å². The molecular weight excluding hydrogens is 343 g/mol. The van der Waals surface area contributed by atoms with Gasteiger partial charge in [0.05, 0.1) is 11.3 Å². The van der Waals surface area contributed by atoms with E-state index in [1.54, 1.807) is 12.1 Å². The minimum atomic E-state index is -0.416. The molecule has 0 aliphatic carbocycles. The van der Waals surface area contributed by atoms with Crippen LogP contribution in [-0.4, -0.2) is 26.2 Å². The van der Waals surface area contributed by atoms with Crippen molar-refractivity contribution in [1.82, 2.24) is 14.5 Å². The van der Waals surface area contributed by atoms with Crippen LogP contribution < -0.4 is 10.9 Å². The first-order valence-electron chi connectivity index (χ1n) is 7.76. The van der Waals surface area contributed by atoms with Gasteiger partial charge in [0.25, 0.3) is 5.56 Å². The topological polar surface area (TPSA) is 79.8 Å². The number of thioether (sulfide) groups is 1. The van der Waals surface area contributed by atoms with Gasteiger partial charge in [-0.2, -0.15) is 0 Å². The van der Waals surface area contributed by atoms with Gasteiger partial charge in [-0.05, 0) is 38.1 Å². The summed E-state index contributed by atoms with van der Waals surface area (Å²) < 4.78 is 14.7. The summed E-state index contributed by atoms with van der Waals surface area (Å²) in [4.78, 5) is 32.1. The Morgan fingerprint density at radius 2 is 2.20 bits per heavy atom. The Morgan fingerprint density at radius 1 is 1.40 bits per heavy atom. The highest BCUT2D eigenvalue weighted by Gasteiger charge is 2.14. The highest BCUT2D eigenvalue weighted by atomic mass is 32.2. The molecule has 0 saturated heterocycles. The summed E-state index contributed by atoms with van der Waals surface area (Å²) in [5.41, 5.74) is 2.14. The van der Waals surface area contributed by atoms with Gasteiger partial charge in [0.1, 0.15) is 11.3 Å². The maximum Gasteiger partial charge on any atom is 0.278 e. The summed E-state index contributed by atoms with van der Waals surface area (Å²) in [5, 5.41) is 3.11. The first-order chi connectivity index (χ1) is 12.0. The smallest absolute Gasteiger partial charge is 0.278 e. The largest absolute Gasteiger partial charge is 0.353 e. The zero-order chi connectivity index (χ0) is 18.0. The van der Waals surface area contributed by atoms with Crippen LogP contribution in [0.4, 0.5) is 10.1 Å². The minimum absolute atomic E-state index is 0.0673. The average Bonchev–Trinajstić information content (AvgIpc) is 2.94. The lowest BCUT2D eigenvalue weighted by Crippen LogP contribution is -2.23. The molecule has 0 saturated carbocycles. The maximum absolute atomic E-state index is 13.2. The van der Waals surface area contributed by atoms with Crippen molar-refractivity contribution < 1.29 is 9.18 Å². The van der Waals surface area contributed by atoms with Crippen LogP contribution in [0.2, 0.25) is 0 Å². The number of aryl methyl sites for hydroxylation is 1. The number of aromatic nitrogens is 3. The van der Waals surface area contributed by atoms with E-state index in [9.17, 15) is 14.0 Å². The predicted octanol–water partition coefficient (Wildman–Crippen LogP) is 2.92. The number of nitrogens with zero attached hydrogens (tertiary/aromatic N) is 2. The van der Waals surface area contributed by atoms with Crippen LogP contribution in [0.1, 0.15) is 12.6 Å². The van der Waals surface area contributed by atoms with Gasteiger partial charge in [-0.15, -0.1) is 0 Å². The normalized spacial score (nSPS) is 11.0. The molecule has 2 N–H and O–H groups in total. The minimum Gasteiger partial charge on any atom is -0.353 e. The van der Waals surface area contributed by atoms with Crippen molar-refractivity contribution >= 4 is 34.4 Å². The van der Waals surface area contributed by atoms with E-state index in [0.29, 0.717) is 28.4 Å². The van der Waals surface area contributed by atoms with Gasteiger partial charge in [0.15, 0.2) is 5.16 Å². The van der Waals surface area contributed by atoms with Crippen LogP contribution >= 0.6 is 11.8 Å². The van der Waals surface area contributed by atoms with Crippen molar-refractivity contribution in [3.05, 3.63) is 52.2 Å². The summed E-state index contributed by atoms with van der Waals surface area (Å²) in [6.45, 7) is 4.16. The Bertz CT molecular complexity index is 996. The third-order valence-corrected chi connectivity index (χ3v) is 4.57. The van der Waals surface area contributed by atoms with Crippen molar-refractivity contribution in [3.8, 4) is 0 Å². The molecule has 6 nitrogen and oxygen atoms in total. The molecule has 0 aliphatic heterocycles. The molecule has 3 rings (SSSR count). The van der Waals surface area contributed by atoms with E-state index in [1.165, 1.54) is 34.5 Å². The first-order valence-corrected chi connectivity index (χ1v) is 8.75. The number of carbonyl (C=O) groups is 1. The Labute approximate surface area is 147 Å². The SMILES string of the molecule is CCn1c(SCC(=O)Nc2cccc(F)c2)nc2cc(C)[nH]c2c1=O. The fourth-order valence-corrected chi connectivity index (χ4v) is 3.36. The number of anilines is 1. The standard InChI is InChI=1S/C17H17FN4O2S/c1-3-22-16(24)15-13(7-10(2)19-15)21-17(22)25-9-14(23)20-12-6-4-5-11(18)8-12/h4-8,19H,3,9H2,1-2H3,(H,20,23). The van der Waals surface area contributed by atoms with E-state index in [-0.39, 0.29) is 17.2 Å². The Kier molecular flexibility index (Phi) is 4.89. The van der Waals surface area contributed by atoms with E-state index >= 15 is 0 Å². The number of halogens is 1. The summed E-state index contributed by atoms with van der Waals surface area (Å²) in [5.74, 6) is -0.643. The quantitative estimate of drug-likeness (QED) is 0.542. The van der Waals surface area contributed by atoms with Gasteiger partial charge in [-0.3, -0.25) is 14.2 Å². The lowest BCUT2D eigenvalue weighted by atomic mass is 10.3. The Hall–Kier alpha value is -2.61. The van der Waals surface area contributed by atoms with Crippen LogP contribution in [0.5, 0.6) is 0 Å². The molecule has 3 aromatic rings. The summed E-state index contributed by atoms with van der Waals surface area (Å²) in [6.07, 6.45) is 0. The van der Waals surface area contributed by atoms with E-state index in [2.05, 4.69) is 15.3 Å². The predicted molar refractivity (Wildman–Crippen MR) is 96.5 cm³/mol. The van der Waals surface area contributed by atoms with Crippen LogP contribution in [0.3, 0.4) is 0 Å². The number of amides is 1. The van der Waals surface area contributed by atoms with Crippen molar-refractivity contribution in [2.24, 2.45) is 0 Å². The fraction of sp³-hybridized carbons (Fsp3) is 0.235. The van der Waals surface area contributed by atoms with Crippen molar-refractivity contribution in [2.45, 2.75) is 25.5 Å². The molecule has 130 valence electrons. The number of aromatic amines is 1. The van der Waals surface area contributed by atoms with Gasteiger partial charge >= 0.3 is 0 Å². The van der Waals surface area contributed by atoms with Crippen LogP contribution in [-0.2, 0) is 11.3 Å². The molecule has 0 aliphatic rings. The van der Waals surface area contributed by atoms with Crippen LogP contribution in [0.25, 0.3) is 11.0 Å². The Morgan fingerprint density at radius 3 is 2.92 bits per heavy atom. The van der Waals surface area contributed by atoms with Crippen molar-refractivity contribution in [2.75, 3.05) is 11.1 Å². The van der Waals surface area contributed by atoms with E-state index in [4.69, 9.17) is 0 Å². The maximum atomic E-state index is 13.2. The number of fused-ring (bicyclic) bond motifs is 1. The summed E-state index contributed by atoms with van der Waals surface area (Å²) >= 11 is 1.17.